The zero-order valence-electron chi connectivity index (χ0n) is 19.2. The van der Waals surface area contributed by atoms with Crippen LogP contribution in [0.3, 0.4) is 0 Å². The monoisotopic (exact) mass is 484 g/mol. The van der Waals surface area contributed by atoms with Crippen LogP contribution < -0.4 is 9.47 Å². The molecule has 0 amide bonds. The van der Waals surface area contributed by atoms with Crippen LogP contribution in [0.1, 0.15) is 46.0 Å². The van der Waals surface area contributed by atoms with E-state index in [0.717, 1.165) is 5.56 Å². The van der Waals surface area contributed by atoms with Crippen LogP contribution in [0.4, 0.5) is 0 Å². The molecule has 10 nitrogen and oxygen atoms in total. The first kappa shape index (κ1) is 20.7. The van der Waals surface area contributed by atoms with E-state index in [2.05, 4.69) is 0 Å². The van der Waals surface area contributed by atoms with Crippen LogP contribution in [0, 0.1) is 6.92 Å². The molecule has 35 heavy (non-hydrogen) atoms. The third kappa shape index (κ3) is 2.10. The number of hydrogen-bond donors (Lipinski definition) is 2. The summed E-state index contributed by atoms with van der Waals surface area (Å²) in [5, 5.41) is 24.3. The molecule has 0 radical (unpaired) electrons. The van der Waals surface area contributed by atoms with Gasteiger partial charge in [0.2, 0.25) is 11.9 Å². The molecule has 0 unspecified atom stereocenters. The molecular formula is C25H24O10. The number of ketones is 1. The Hall–Kier alpha value is -2.47. The largest absolute Gasteiger partial charge is 0.506 e. The molecule has 0 saturated carbocycles. The van der Waals surface area contributed by atoms with Gasteiger partial charge >= 0.3 is 0 Å². The molecule has 5 heterocycles. The van der Waals surface area contributed by atoms with Crippen molar-refractivity contribution in [3.63, 3.8) is 0 Å². The molecule has 10 heteroatoms. The maximum Gasteiger partial charge on any atom is 0.274 e. The maximum absolute atomic E-state index is 12.9. The number of carbonyl (C=O) groups is 1. The zero-order chi connectivity index (χ0) is 23.9. The van der Waals surface area contributed by atoms with E-state index >= 15 is 0 Å². The Bertz CT molecular complexity index is 1340. The lowest BCUT2D eigenvalue weighted by Crippen LogP contribution is -2.69. The Kier molecular flexibility index (Phi) is 3.70. The van der Waals surface area contributed by atoms with Gasteiger partial charge in [-0.2, -0.15) is 0 Å². The van der Waals surface area contributed by atoms with Crippen molar-refractivity contribution in [2.24, 2.45) is 0 Å². The third-order valence-electron chi connectivity index (χ3n) is 8.45. The van der Waals surface area contributed by atoms with Gasteiger partial charge in [-0.1, -0.05) is 0 Å². The summed E-state index contributed by atoms with van der Waals surface area (Å²) < 4.78 is 42.3. The number of hydrogen-bond acceptors (Lipinski definition) is 10. The molecule has 8 rings (SSSR count). The number of methoxy groups -OCH3 is 1. The molecule has 2 bridgehead atoms. The fraction of sp³-hybridized carbons (Fsp3) is 0.560. The number of rotatable bonds is 2. The van der Waals surface area contributed by atoms with Crippen molar-refractivity contribution in [2.45, 2.75) is 61.9 Å². The number of Topliss-reactive ketones (excluding diaryl/α,β-unsaturated/α-hetero) is 1. The van der Waals surface area contributed by atoms with Crippen molar-refractivity contribution in [2.75, 3.05) is 26.9 Å². The van der Waals surface area contributed by atoms with E-state index in [4.69, 9.17) is 33.2 Å². The smallest absolute Gasteiger partial charge is 0.274 e. The van der Waals surface area contributed by atoms with Crippen LogP contribution in [0.2, 0.25) is 0 Å². The molecule has 4 fully saturated rings. The van der Waals surface area contributed by atoms with Gasteiger partial charge in [0.05, 0.1) is 37.9 Å². The topological polar surface area (TPSA) is 125 Å². The lowest BCUT2D eigenvalue weighted by molar-refractivity contribution is -0.332. The molecule has 2 aromatic carbocycles. The summed E-state index contributed by atoms with van der Waals surface area (Å²) in [6.45, 7) is 2.77. The summed E-state index contributed by atoms with van der Waals surface area (Å²) in [4.78, 5) is 12.9. The van der Waals surface area contributed by atoms with E-state index in [9.17, 15) is 15.0 Å². The number of epoxide rings is 1. The predicted octanol–water partition coefficient (Wildman–Crippen LogP) is 1.77. The van der Waals surface area contributed by atoms with E-state index in [1.807, 2.05) is 13.0 Å². The number of aromatic hydroxyl groups is 1. The Labute approximate surface area is 199 Å². The lowest BCUT2D eigenvalue weighted by Gasteiger charge is -2.47. The molecule has 5 aliphatic heterocycles. The quantitative estimate of drug-likeness (QED) is 0.609. The van der Waals surface area contributed by atoms with Gasteiger partial charge in [0.1, 0.15) is 23.4 Å². The second-order valence-corrected chi connectivity index (χ2v) is 10.1. The number of fused-ring (bicyclic) bond motifs is 8. The van der Waals surface area contributed by atoms with Crippen molar-refractivity contribution in [1.29, 1.82) is 0 Å². The first-order valence-corrected chi connectivity index (χ1v) is 11.9. The minimum absolute atomic E-state index is 0.123. The van der Waals surface area contributed by atoms with Gasteiger partial charge in [-0.05, 0) is 31.4 Å². The molecule has 1 aliphatic carbocycles. The van der Waals surface area contributed by atoms with Gasteiger partial charge in [0, 0.05) is 22.9 Å². The van der Waals surface area contributed by atoms with Crippen LogP contribution in [0.25, 0.3) is 10.8 Å². The molecule has 1 spiro atoms. The Morgan fingerprint density at radius 3 is 2.66 bits per heavy atom. The second kappa shape index (κ2) is 6.26. The first-order valence-electron chi connectivity index (χ1n) is 11.9. The van der Waals surface area contributed by atoms with Crippen molar-refractivity contribution < 1.29 is 48.2 Å². The zero-order valence-corrected chi connectivity index (χ0v) is 19.2. The first-order chi connectivity index (χ1) is 16.9. The summed E-state index contributed by atoms with van der Waals surface area (Å²) in [6, 6.07) is 1.90. The number of phenolic OH excluding ortho intramolecular Hbond substituents is 1. The van der Waals surface area contributed by atoms with Crippen LogP contribution in [0.5, 0.6) is 17.2 Å². The summed E-state index contributed by atoms with van der Waals surface area (Å²) in [5.41, 5.74) is 1.03. The molecule has 4 saturated heterocycles. The van der Waals surface area contributed by atoms with Crippen molar-refractivity contribution in [1.82, 2.24) is 0 Å². The van der Waals surface area contributed by atoms with Gasteiger partial charge in [-0.15, -0.1) is 0 Å². The molecular weight excluding hydrogens is 460 g/mol. The fourth-order valence-corrected chi connectivity index (χ4v) is 6.89. The molecule has 184 valence electrons. The molecule has 2 aromatic rings. The normalized spacial score (nSPS) is 38.7. The van der Waals surface area contributed by atoms with E-state index in [0.29, 0.717) is 60.1 Å². The number of aryl methyl sites for hydroxylation is 1. The highest BCUT2D eigenvalue weighted by Gasteiger charge is 2.93. The number of aliphatic hydroxyl groups is 1. The second-order valence-electron chi connectivity index (χ2n) is 10.1. The summed E-state index contributed by atoms with van der Waals surface area (Å²) in [6.07, 6.45) is -0.850. The Balaban J connectivity index is 1.41. The van der Waals surface area contributed by atoms with Gasteiger partial charge < -0.3 is 43.4 Å². The summed E-state index contributed by atoms with van der Waals surface area (Å²) in [5.74, 6) is -2.96. The van der Waals surface area contributed by atoms with Crippen molar-refractivity contribution in [3.8, 4) is 17.2 Å². The van der Waals surface area contributed by atoms with Crippen LogP contribution in [0.15, 0.2) is 6.07 Å². The summed E-state index contributed by atoms with van der Waals surface area (Å²) in [7, 11) is 1.55. The van der Waals surface area contributed by atoms with Crippen molar-refractivity contribution >= 4 is 16.6 Å². The number of phenols is 1. The van der Waals surface area contributed by atoms with E-state index in [-0.39, 0.29) is 29.5 Å². The minimum Gasteiger partial charge on any atom is -0.506 e. The average Bonchev–Trinajstić information content (AvgIpc) is 3.20. The van der Waals surface area contributed by atoms with Gasteiger partial charge in [0.25, 0.3) is 11.6 Å². The predicted molar refractivity (Wildman–Crippen MR) is 116 cm³/mol. The molecule has 6 aliphatic rings. The molecule has 5 atom stereocenters. The van der Waals surface area contributed by atoms with Gasteiger partial charge in [0.15, 0.2) is 11.9 Å². The fourth-order valence-electron chi connectivity index (χ4n) is 6.89. The minimum atomic E-state index is -1.92. The lowest BCUT2D eigenvalue weighted by atomic mass is 9.78. The SMILES string of the molecule is COc1c2c(c(O)c3c4c(c(C)cc13)[C@H]1O[C@]3(C5OCCO5)O[C@@H]1[C@@](O)(O4)[C@@]31CO1)C(=O)CCC2. The third-order valence-corrected chi connectivity index (χ3v) is 8.45. The van der Waals surface area contributed by atoms with Gasteiger partial charge in [-0.3, -0.25) is 4.79 Å². The summed E-state index contributed by atoms with van der Waals surface area (Å²) >= 11 is 0. The van der Waals surface area contributed by atoms with E-state index < -0.39 is 35.7 Å². The van der Waals surface area contributed by atoms with Crippen LogP contribution in [-0.2, 0) is 30.1 Å². The maximum atomic E-state index is 12.9. The Morgan fingerprint density at radius 2 is 1.94 bits per heavy atom. The van der Waals surface area contributed by atoms with Crippen LogP contribution in [-0.4, -0.2) is 72.5 Å². The number of carbonyl (C=O) groups excluding carboxylic acids is 1. The molecule has 0 aromatic heterocycles. The highest BCUT2D eigenvalue weighted by molar-refractivity contribution is 6.11. The van der Waals surface area contributed by atoms with Crippen molar-refractivity contribution in [3.05, 3.63) is 28.3 Å². The molecule has 2 N–H and O–H groups in total. The van der Waals surface area contributed by atoms with E-state index in [1.54, 1.807) is 7.11 Å². The standard InChI is InChI=1S/C25H24O10/c1-10-8-12-16(17(27)15-11(18(12)29-2)4-3-5-13(15)26)19-14(10)20-21-24(28,33-19)23(9-32-23)25(34-20,35-21)22-30-6-7-31-22/h8,20-22,27-28H,3-7,9H2,1-2H3/t20-,21+,23+,24-,25-/m1/s1. The number of ether oxygens (including phenoxy) is 7. The highest BCUT2D eigenvalue weighted by atomic mass is 16.9. The van der Waals surface area contributed by atoms with Crippen LogP contribution >= 0.6 is 0 Å². The van der Waals surface area contributed by atoms with Gasteiger partial charge in [-0.25, -0.2) is 0 Å². The highest BCUT2D eigenvalue weighted by Crippen LogP contribution is 2.71. The van der Waals surface area contributed by atoms with E-state index in [1.165, 1.54) is 0 Å². The number of benzene rings is 2. The Morgan fingerprint density at radius 1 is 1.17 bits per heavy atom. The average molecular weight is 484 g/mol.